The Balaban J connectivity index is 1.76. The van der Waals surface area contributed by atoms with Gasteiger partial charge in [0.1, 0.15) is 11.8 Å². The molecule has 1 aliphatic heterocycles. The Kier molecular flexibility index (Phi) is 3.54. The zero-order valence-electron chi connectivity index (χ0n) is 10.7. The minimum Gasteiger partial charge on any atom is -0.312 e. The Bertz CT molecular complexity index is 596. The smallest absolute Gasteiger partial charge is 0.264 e. The molecule has 0 saturated heterocycles. The maximum absolute atomic E-state index is 12.1. The van der Waals surface area contributed by atoms with Crippen LogP contribution in [0.1, 0.15) is 24.3 Å². The Labute approximate surface area is 121 Å². The second kappa shape index (κ2) is 5.34. The van der Waals surface area contributed by atoms with E-state index in [1.165, 1.54) is 0 Å². The van der Waals surface area contributed by atoms with Gasteiger partial charge in [0.15, 0.2) is 0 Å². The van der Waals surface area contributed by atoms with Crippen LogP contribution in [0, 0.1) is 0 Å². The highest BCUT2D eigenvalue weighted by molar-refractivity contribution is 6.30. The average molecular weight is 292 g/mol. The molecule has 0 spiro atoms. The van der Waals surface area contributed by atoms with Gasteiger partial charge in [0, 0.05) is 11.1 Å². The van der Waals surface area contributed by atoms with Crippen LogP contribution in [-0.4, -0.2) is 30.2 Å². The van der Waals surface area contributed by atoms with Crippen molar-refractivity contribution in [3.05, 3.63) is 34.9 Å². The molecule has 1 saturated carbocycles. The van der Waals surface area contributed by atoms with Crippen LogP contribution in [0.4, 0.5) is 0 Å². The van der Waals surface area contributed by atoms with Crippen molar-refractivity contribution in [1.82, 2.24) is 10.6 Å². The summed E-state index contributed by atoms with van der Waals surface area (Å²) >= 11 is 5.89. The molecule has 3 rings (SSSR count). The molecule has 2 amide bonds. The standard InChI is InChI=1S/C14H14ClN3O2/c15-9-3-1-2-8(6-9)12-13(19)17-11(18-14(12)20)7-16-10-4-5-10/h1-3,6,10,12,16H,4-5,7H2,(H,17,18,19,20). The van der Waals surface area contributed by atoms with Gasteiger partial charge in [0.05, 0.1) is 6.54 Å². The molecule has 104 valence electrons. The summed E-state index contributed by atoms with van der Waals surface area (Å²) in [5.41, 5.74) is 0.568. The predicted molar refractivity (Wildman–Crippen MR) is 75.8 cm³/mol. The first kappa shape index (κ1) is 13.3. The lowest BCUT2D eigenvalue weighted by atomic mass is 9.96. The van der Waals surface area contributed by atoms with E-state index >= 15 is 0 Å². The monoisotopic (exact) mass is 291 g/mol. The van der Waals surface area contributed by atoms with Crippen molar-refractivity contribution in [1.29, 1.82) is 0 Å². The van der Waals surface area contributed by atoms with Crippen LogP contribution in [0.3, 0.4) is 0 Å². The van der Waals surface area contributed by atoms with Gasteiger partial charge in [0.2, 0.25) is 5.91 Å². The van der Waals surface area contributed by atoms with Gasteiger partial charge in [-0.05, 0) is 30.5 Å². The molecular weight excluding hydrogens is 278 g/mol. The number of carbonyl (C=O) groups excluding carboxylic acids is 2. The predicted octanol–water partition coefficient (Wildman–Crippen LogP) is 1.23. The molecule has 0 radical (unpaired) electrons. The van der Waals surface area contributed by atoms with E-state index in [1.807, 2.05) is 0 Å². The van der Waals surface area contributed by atoms with Crippen molar-refractivity contribution in [2.24, 2.45) is 4.99 Å². The van der Waals surface area contributed by atoms with Crippen molar-refractivity contribution < 1.29 is 9.59 Å². The molecule has 2 N–H and O–H groups in total. The summed E-state index contributed by atoms with van der Waals surface area (Å²) in [5, 5.41) is 6.39. The molecule has 5 nitrogen and oxygen atoms in total. The average Bonchev–Trinajstić information content (AvgIpc) is 3.19. The van der Waals surface area contributed by atoms with E-state index in [0.29, 0.717) is 29.0 Å². The third-order valence-electron chi connectivity index (χ3n) is 3.34. The van der Waals surface area contributed by atoms with Crippen molar-refractivity contribution >= 4 is 29.3 Å². The highest BCUT2D eigenvalue weighted by Gasteiger charge is 2.33. The molecule has 6 heteroatoms. The molecule has 20 heavy (non-hydrogen) atoms. The van der Waals surface area contributed by atoms with Crippen LogP contribution < -0.4 is 10.6 Å². The van der Waals surface area contributed by atoms with Crippen LogP contribution in [0.25, 0.3) is 0 Å². The van der Waals surface area contributed by atoms with Gasteiger partial charge in [-0.15, -0.1) is 0 Å². The Morgan fingerprint density at radius 1 is 1.35 bits per heavy atom. The lowest BCUT2D eigenvalue weighted by Gasteiger charge is -2.20. The van der Waals surface area contributed by atoms with E-state index < -0.39 is 11.8 Å². The quantitative estimate of drug-likeness (QED) is 0.820. The molecule has 1 aliphatic carbocycles. The third kappa shape index (κ3) is 2.89. The summed E-state index contributed by atoms with van der Waals surface area (Å²) in [6.45, 7) is 0.421. The number of nitrogens with zero attached hydrogens (tertiary/aromatic N) is 1. The van der Waals surface area contributed by atoms with Crippen molar-refractivity contribution in [3.63, 3.8) is 0 Å². The number of hydrogen-bond donors (Lipinski definition) is 2. The Morgan fingerprint density at radius 2 is 2.15 bits per heavy atom. The van der Waals surface area contributed by atoms with E-state index in [0.717, 1.165) is 12.8 Å². The van der Waals surface area contributed by atoms with Crippen LogP contribution in [0.2, 0.25) is 5.02 Å². The molecular formula is C14H14ClN3O2. The van der Waals surface area contributed by atoms with Crippen molar-refractivity contribution in [2.75, 3.05) is 6.54 Å². The fourth-order valence-corrected chi connectivity index (χ4v) is 2.34. The molecule has 2 aliphatic rings. The second-order valence-electron chi connectivity index (χ2n) is 5.03. The van der Waals surface area contributed by atoms with E-state index in [4.69, 9.17) is 11.6 Å². The molecule has 1 atom stereocenters. The summed E-state index contributed by atoms with van der Waals surface area (Å²) in [7, 11) is 0. The topological polar surface area (TPSA) is 70.6 Å². The molecule has 1 unspecified atom stereocenters. The van der Waals surface area contributed by atoms with E-state index in [1.54, 1.807) is 24.3 Å². The summed E-state index contributed by atoms with van der Waals surface area (Å²) in [6, 6.07) is 7.23. The number of amides is 2. The number of amidine groups is 1. The molecule has 1 aromatic rings. The van der Waals surface area contributed by atoms with Gasteiger partial charge in [0.25, 0.3) is 5.91 Å². The van der Waals surface area contributed by atoms with Crippen LogP contribution >= 0.6 is 11.6 Å². The zero-order chi connectivity index (χ0) is 14.1. The number of nitrogens with one attached hydrogen (secondary N) is 2. The largest absolute Gasteiger partial charge is 0.312 e. The number of halogens is 1. The number of aliphatic imine (C=N–C) groups is 1. The molecule has 1 aromatic carbocycles. The Morgan fingerprint density at radius 3 is 2.80 bits per heavy atom. The van der Waals surface area contributed by atoms with Crippen molar-refractivity contribution in [2.45, 2.75) is 24.8 Å². The summed E-state index contributed by atoms with van der Waals surface area (Å²) in [6.07, 6.45) is 2.28. The fourth-order valence-electron chi connectivity index (χ4n) is 2.14. The molecule has 0 bridgehead atoms. The first-order chi connectivity index (χ1) is 9.63. The molecule has 0 aromatic heterocycles. The van der Waals surface area contributed by atoms with Crippen molar-refractivity contribution in [3.8, 4) is 0 Å². The van der Waals surface area contributed by atoms with Gasteiger partial charge in [-0.3, -0.25) is 9.59 Å². The summed E-state index contributed by atoms with van der Waals surface area (Å²) in [5.74, 6) is -1.30. The number of benzene rings is 1. The van der Waals surface area contributed by atoms with E-state index in [9.17, 15) is 9.59 Å². The van der Waals surface area contributed by atoms with Gasteiger partial charge in [-0.1, -0.05) is 23.7 Å². The zero-order valence-corrected chi connectivity index (χ0v) is 11.5. The summed E-state index contributed by atoms with van der Waals surface area (Å²) < 4.78 is 0. The highest BCUT2D eigenvalue weighted by Crippen LogP contribution is 2.23. The second-order valence-corrected chi connectivity index (χ2v) is 5.47. The number of hydrogen-bond acceptors (Lipinski definition) is 3. The summed E-state index contributed by atoms with van der Waals surface area (Å²) in [4.78, 5) is 28.1. The lowest BCUT2D eigenvalue weighted by molar-refractivity contribution is -0.129. The third-order valence-corrected chi connectivity index (χ3v) is 3.57. The first-order valence-electron chi connectivity index (χ1n) is 6.54. The highest BCUT2D eigenvalue weighted by atomic mass is 35.5. The maximum atomic E-state index is 12.1. The lowest BCUT2D eigenvalue weighted by Crippen LogP contribution is -2.46. The SMILES string of the molecule is O=C1N=C(CNC2CC2)NC(=O)C1c1cccc(Cl)c1. The van der Waals surface area contributed by atoms with Gasteiger partial charge < -0.3 is 10.6 Å². The van der Waals surface area contributed by atoms with Crippen LogP contribution in [0.15, 0.2) is 29.3 Å². The fraction of sp³-hybridized carbons (Fsp3) is 0.357. The normalized spacial score (nSPS) is 22.4. The number of rotatable bonds is 4. The molecule has 1 heterocycles. The number of carbonyl (C=O) groups is 2. The van der Waals surface area contributed by atoms with Crippen LogP contribution in [0.5, 0.6) is 0 Å². The molecule has 1 fully saturated rings. The van der Waals surface area contributed by atoms with Gasteiger partial charge in [-0.2, -0.15) is 4.99 Å². The maximum Gasteiger partial charge on any atom is 0.264 e. The Hall–Kier alpha value is -1.72. The van der Waals surface area contributed by atoms with Gasteiger partial charge in [-0.25, -0.2) is 0 Å². The van der Waals surface area contributed by atoms with Crippen LogP contribution in [-0.2, 0) is 9.59 Å². The minimum absolute atomic E-state index is 0.347. The van der Waals surface area contributed by atoms with E-state index in [-0.39, 0.29) is 5.91 Å². The minimum atomic E-state index is -0.904. The van der Waals surface area contributed by atoms with Gasteiger partial charge >= 0.3 is 0 Å². The first-order valence-corrected chi connectivity index (χ1v) is 6.92. The van der Waals surface area contributed by atoms with E-state index in [2.05, 4.69) is 15.6 Å².